The molecule has 12 aromatic rings. The monoisotopic (exact) mass is 876 g/mol. The van der Waals surface area contributed by atoms with Crippen LogP contribution in [0.4, 0.5) is 51.2 Å². The van der Waals surface area contributed by atoms with Gasteiger partial charge in [-0.3, -0.25) is 0 Å². The van der Waals surface area contributed by atoms with E-state index in [1.165, 1.54) is 81.6 Å². The smallest absolute Gasteiger partial charge is 0.264 e. The molecule has 0 radical (unpaired) electrons. The summed E-state index contributed by atoms with van der Waals surface area (Å²) >= 11 is 1.95. The van der Waals surface area contributed by atoms with E-state index in [1.807, 2.05) is 11.3 Å². The van der Waals surface area contributed by atoms with Crippen LogP contribution in [0.25, 0.3) is 59.5 Å². The SMILES string of the molecule is CC(C)(C)c1ccc2sc3c(c2c1)N(c1ccc2c(c1)oc1ccccc12)c1cc(N(c2ccccc2)c2ccccc2)cc2c1B3c1cccc3c1N2c1cccc2c4ccccc4n-3c12. The molecule has 316 valence electrons. The number of rotatable bonds is 4. The lowest BCUT2D eigenvalue weighted by atomic mass is 9.36. The van der Waals surface area contributed by atoms with Gasteiger partial charge < -0.3 is 23.7 Å². The molecule has 5 nitrogen and oxygen atoms in total. The van der Waals surface area contributed by atoms with Crippen LogP contribution in [0.2, 0.25) is 0 Å². The van der Waals surface area contributed by atoms with Crippen LogP contribution in [0.3, 0.4) is 0 Å². The second-order valence-corrected chi connectivity index (χ2v) is 20.4. The summed E-state index contributed by atoms with van der Waals surface area (Å²) in [6.45, 7) is 6.93. The number of fused-ring (bicyclic) bond motifs is 14. The number of anilines is 9. The zero-order chi connectivity index (χ0) is 44.3. The van der Waals surface area contributed by atoms with E-state index >= 15 is 0 Å². The summed E-state index contributed by atoms with van der Waals surface area (Å²) in [5.74, 6) is 0. The third-order valence-electron chi connectivity index (χ3n) is 14.6. The molecule has 0 spiro atoms. The summed E-state index contributed by atoms with van der Waals surface area (Å²) in [6, 6.07) is 71.8. The van der Waals surface area contributed by atoms with Crippen molar-refractivity contribution in [2.45, 2.75) is 26.2 Å². The van der Waals surface area contributed by atoms with Gasteiger partial charge in [0.1, 0.15) is 11.2 Å². The first-order chi connectivity index (χ1) is 32.9. The van der Waals surface area contributed by atoms with Crippen molar-refractivity contribution in [1.29, 1.82) is 0 Å². The number of hydrogen-bond acceptors (Lipinski definition) is 5. The Hall–Kier alpha value is -8.00. The van der Waals surface area contributed by atoms with Gasteiger partial charge in [-0.15, -0.1) is 11.3 Å². The van der Waals surface area contributed by atoms with E-state index in [4.69, 9.17) is 4.42 Å². The molecule has 0 saturated heterocycles. The van der Waals surface area contributed by atoms with Crippen molar-refractivity contribution in [3.05, 3.63) is 200 Å². The van der Waals surface area contributed by atoms with Crippen LogP contribution < -0.4 is 30.4 Å². The molecule has 3 aliphatic heterocycles. The van der Waals surface area contributed by atoms with Gasteiger partial charge in [0.15, 0.2) is 0 Å². The minimum absolute atomic E-state index is 0.0357. The summed E-state index contributed by atoms with van der Waals surface area (Å²) < 4.78 is 11.9. The average molecular weight is 877 g/mol. The largest absolute Gasteiger partial charge is 0.456 e. The summed E-state index contributed by atoms with van der Waals surface area (Å²) in [5, 5.41) is 6.04. The zero-order valence-electron chi connectivity index (χ0n) is 37.2. The molecule has 0 bridgehead atoms. The van der Waals surface area contributed by atoms with Crippen molar-refractivity contribution in [1.82, 2.24) is 4.57 Å². The van der Waals surface area contributed by atoms with Crippen LogP contribution in [0, 0.1) is 0 Å². The van der Waals surface area contributed by atoms with E-state index in [-0.39, 0.29) is 12.1 Å². The lowest BCUT2D eigenvalue weighted by Crippen LogP contribution is -2.61. The molecular weight excluding hydrogens is 836 g/mol. The molecule has 7 heteroatoms. The summed E-state index contributed by atoms with van der Waals surface area (Å²) in [6.07, 6.45) is 0. The predicted octanol–water partition coefficient (Wildman–Crippen LogP) is 15.1. The highest BCUT2D eigenvalue weighted by Crippen LogP contribution is 2.55. The van der Waals surface area contributed by atoms with E-state index in [0.717, 1.165) is 50.4 Å². The molecule has 0 saturated carbocycles. The molecule has 0 N–H and O–H groups in total. The van der Waals surface area contributed by atoms with E-state index in [1.54, 1.807) is 0 Å². The van der Waals surface area contributed by atoms with E-state index in [0.29, 0.717) is 0 Å². The Morgan fingerprint density at radius 3 is 1.96 bits per heavy atom. The van der Waals surface area contributed by atoms with Gasteiger partial charge in [0.25, 0.3) is 6.71 Å². The first-order valence-corrected chi connectivity index (χ1v) is 24.0. The molecule has 67 heavy (non-hydrogen) atoms. The van der Waals surface area contributed by atoms with Crippen molar-refractivity contribution in [3.63, 3.8) is 0 Å². The summed E-state index contributed by atoms with van der Waals surface area (Å²) in [5.41, 5.74) is 19.7. The zero-order valence-corrected chi connectivity index (χ0v) is 38.0. The minimum Gasteiger partial charge on any atom is -0.456 e. The first kappa shape index (κ1) is 37.2. The van der Waals surface area contributed by atoms with Crippen LogP contribution >= 0.6 is 11.3 Å². The molecule has 0 fully saturated rings. The normalized spacial score (nSPS) is 13.5. The maximum atomic E-state index is 6.70. The standard InChI is InChI=1S/C60H41BN4OS/c1-60(2,3)36-28-31-54-45(32-36)57-59(67-54)61-46-23-15-26-49-58(46)65(48-25-14-22-44-41-20-10-12-24-47(41)64(49)56(44)48)51-34-40(62(37-16-6-4-7-17-37)38-18-8-5-9-19-38)33-50(55(51)61)63(57)39-29-30-43-42-21-11-13-27-52(42)66-53(43)35-39/h4-35H,1-3H3. The highest BCUT2D eigenvalue weighted by Gasteiger charge is 2.48. The first-order valence-electron chi connectivity index (χ1n) is 23.2. The topological polar surface area (TPSA) is 27.8 Å². The van der Waals surface area contributed by atoms with Crippen molar-refractivity contribution in [2.24, 2.45) is 0 Å². The fraction of sp³-hybridized carbons (Fsp3) is 0.0667. The Morgan fingerprint density at radius 1 is 0.493 bits per heavy atom. The molecule has 3 aromatic heterocycles. The maximum absolute atomic E-state index is 6.70. The fourth-order valence-corrected chi connectivity index (χ4v) is 13.0. The van der Waals surface area contributed by atoms with Gasteiger partial charge in [-0.2, -0.15) is 0 Å². The Kier molecular flexibility index (Phi) is 7.40. The van der Waals surface area contributed by atoms with Crippen molar-refractivity contribution in [3.8, 4) is 5.69 Å². The quantitative estimate of drug-likeness (QED) is 0.165. The highest BCUT2D eigenvalue weighted by atomic mass is 32.1. The maximum Gasteiger partial charge on any atom is 0.264 e. The third-order valence-corrected chi connectivity index (χ3v) is 15.8. The highest BCUT2D eigenvalue weighted by molar-refractivity contribution is 7.33. The Balaban J connectivity index is 1.11. The summed E-state index contributed by atoms with van der Waals surface area (Å²) in [7, 11) is 0. The molecule has 15 rings (SSSR count). The lowest BCUT2D eigenvalue weighted by molar-refractivity contribution is 0.591. The molecule has 3 aliphatic rings. The van der Waals surface area contributed by atoms with Gasteiger partial charge >= 0.3 is 0 Å². The van der Waals surface area contributed by atoms with Crippen LogP contribution in [-0.4, -0.2) is 11.3 Å². The number of nitrogens with zero attached hydrogens (tertiary/aromatic N) is 4. The Morgan fingerprint density at radius 2 is 1.16 bits per heavy atom. The number of hydrogen-bond donors (Lipinski definition) is 0. The Labute approximate surface area is 392 Å². The van der Waals surface area contributed by atoms with Crippen molar-refractivity contribution >= 4 is 139 Å². The summed E-state index contributed by atoms with van der Waals surface area (Å²) in [4.78, 5) is 7.61. The molecule has 0 aliphatic carbocycles. The van der Waals surface area contributed by atoms with Crippen LogP contribution in [0.1, 0.15) is 26.3 Å². The number of thiophene rings is 1. The molecule has 6 heterocycles. The lowest BCUT2D eigenvalue weighted by Gasteiger charge is -2.46. The third kappa shape index (κ3) is 5.04. The van der Waals surface area contributed by atoms with Crippen LogP contribution in [0.15, 0.2) is 199 Å². The molecule has 0 amide bonds. The van der Waals surface area contributed by atoms with E-state index in [2.05, 4.69) is 234 Å². The van der Waals surface area contributed by atoms with Gasteiger partial charge in [0, 0.05) is 70.9 Å². The number of furan rings is 1. The second-order valence-electron chi connectivity index (χ2n) is 19.3. The van der Waals surface area contributed by atoms with E-state index in [9.17, 15) is 0 Å². The van der Waals surface area contributed by atoms with Gasteiger partial charge in [-0.1, -0.05) is 124 Å². The second kappa shape index (κ2) is 13.3. The Bertz CT molecular complexity index is 4030. The number of benzene rings is 9. The van der Waals surface area contributed by atoms with E-state index < -0.39 is 0 Å². The average Bonchev–Trinajstić information content (AvgIpc) is 4.04. The molecule has 9 aromatic carbocycles. The molecule has 0 atom stereocenters. The minimum atomic E-state index is -0.0398. The van der Waals surface area contributed by atoms with Crippen LogP contribution in [0.5, 0.6) is 0 Å². The van der Waals surface area contributed by atoms with Crippen LogP contribution in [-0.2, 0) is 5.41 Å². The van der Waals surface area contributed by atoms with Crippen molar-refractivity contribution in [2.75, 3.05) is 14.7 Å². The predicted molar refractivity (Wildman–Crippen MR) is 284 cm³/mol. The van der Waals surface area contributed by atoms with Gasteiger partial charge in [-0.25, -0.2) is 0 Å². The molecule has 0 unspecified atom stereocenters. The fourth-order valence-electron chi connectivity index (χ4n) is 11.7. The van der Waals surface area contributed by atoms with Gasteiger partial charge in [0.2, 0.25) is 0 Å². The number of aromatic nitrogens is 1. The van der Waals surface area contributed by atoms with Gasteiger partial charge in [0.05, 0.1) is 39.5 Å². The number of para-hydroxylation sites is 6. The van der Waals surface area contributed by atoms with Gasteiger partial charge in [-0.05, 0) is 107 Å². The van der Waals surface area contributed by atoms with Crippen molar-refractivity contribution < 1.29 is 4.42 Å². The molecular formula is C60H41BN4OS.